The molecule has 0 radical (unpaired) electrons. The molecule has 8 nitrogen and oxygen atoms in total. The summed E-state index contributed by atoms with van der Waals surface area (Å²) >= 11 is 0. The molecule has 0 aliphatic rings. The number of nitrogens with one attached hydrogen (secondary N) is 2. The molecular formula is C10H10N4O4. The fraction of sp³-hybridized carbons (Fsp3) is 0.200. The molecule has 2 aromatic heterocycles. The van der Waals surface area contributed by atoms with Crippen molar-refractivity contribution in [1.29, 1.82) is 0 Å². The molecule has 0 unspecified atom stereocenters. The minimum Gasteiger partial charge on any atom is -0.395 e. The molecule has 0 aliphatic heterocycles. The van der Waals surface area contributed by atoms with Crippen molar-refractivity contribution in [2.24, 2.45) is 0 Å². The summed E-state index contributed by atoms with van der Waals surface area (Å²) in [5.74, 6) is -0.828. The first-order valence-electron chi connectivity index (χ1n) is 5.06. The van der Waals surface area contributed by atoms with Gasteiger partial charge in [0.25, 0.3) is 5.91 Å². The van der Waals surface area contributed by atoms with Gasteiger partial charge in [0.15, 0.2) is 11.6 Å². The third kappa shape index (κ3) is 2.08. The van der Waals surface area contributed by atoms with E-state index in [4.69, 9.17) is 4.42 Å². The molecule has 0 aromatic carbocycles. The van der Waals surface area contributed by atoms with Crippen molar-refractivity contribution in [3.8, 4) is 0 Å². The van der Waals surface area contributed by atoms with E-state index in [1.165, 1.54) is 6.07 Å². The van der Waals surface area contributed by atoms with E-state index in [1.54, 1.807) is 6.92 Å². The largest absolute Gasteiger partial charge is 0.433 e. The molecule has 8 heteroatoms. The third-order valence-corrected chi connectivity index (χ3v) is 2.48. The molecule has 0 fully saturated rings. The predicted octanol–water partition coefficient (Wildman–Crippen LogP) is 1.78. The van der Waals surface area contributed by atoms with Gasteiger partial charge in [-0.3, -0.25) is 20.0 Å². The summed E-state index contributed by atoms with van der Waals surface area (Å²) in [6, 6.07) is 2.36. The molecule has 1 amide bonds. The Kier molecular flexibility index (Phi) is 2.84. The highest BCUT2D eigenvalue weighted by molar-refractivity contribution is 6.02. The van der Waals surface area contributed by atoms with Gasteiger partial charge in [0.05, 0.1) is 6.07 Å². The van der Waals surface area contributed by atoms with Crippen molar-refractivity contribution in [3.63, 3.8) is 0 Å². The van der Waals surface area contributed by atoms with Crippen molar-refractivity contribution in [2.75, 3.05) is 5.32 Å². The Balaban J connectivity index is 2.17. The SMILES string of the molecule is Cc1[nH]nc(NC(=O)c2ccc([N+](=O)[O-])o2)c1C. The number of H-pyrrole nitrogens is 1. The maximum absolute atomic E-state index is 11.7. The second-order valence-electron chi connectivity index (χ2n) is 3.67. The topological polar surface area (TPSA) is 114 Å². The molecule has 0 spiro atoms. The van der Waals surface area contributed by atoms with Gasteiger partial charge in [-0.05, 0) is 19.9 Å². The minimum atomic E-state index is -0.708. The van der Waals surface area contributed by atoms with Crippen LogP contribution in [0.4, 0.5) is 11.7 Å². The maximum Gasteiger partial charge on any atom is 0.433 e. The summed E-state index contributed by atoms with van der Waals surface area (Å²) in [5, 5.41) is 19.5. The lowest BCUT2D eigenvalue weighted by atomic mass is 10.3. The zero-order chi connectivity index (χ0) is 13.3. The number of hydrogen-bond acceptors (Lipinski definition) is 5. The average molecular weight is 250 g/mol. The van der Waals surface area contributed by atoms with E-state index < -0.39 is 16.7 Å². The van der Waals surface area contributed by atoms with E-state index in [2.05, 4.69) is 15.5 Å². The van der Waals surface area contributed by atoms with Crippen molar-refractivity contribution in [1.82, 2.24) is 10.2 Å². The van der Waals surface area contributed by atoms with Gasteiger partial charge in [-0.2, -0.15) is 5.10 Å². The fourth-order valence-corrected chi connectivity index (χ4v) is 1.32. The number of aromatic amines is 1. The Bertz CT molecular complexity index is 613. The molecule has 0 bridgehead atoms. The van der Waals surface area contributed by atoms with Crippen LogP contribution in [0.3, 0.4) is 0 Å². The lowest BCUT2D eigenvalue weighted by Gasteiger charge is -1.99. The maximum atomic E-state index is 11.7. The van der Waals surface area contributed by atoms with Crippen LogP contribution in [0, 0.1) is 24.0 Å². The molecule has 0 aliphatic carbocycles. The number of rotatable bonds is 3. The number of anilines is 1. The lowest BCUT2D eigenvalue weighted by Crippen LogP contribution is -2.12. The number of amides is 1. The highest BCUT2D eigenvalue weighted by atomic mass is 16.6. The van der Waals surface area contributed by atoms with Gasteiger partial charge < -0.3 is 9.73 Å². The molecule has 0 saturated heterocycles. The number of aryl methyl sites for hydroxylation is 1. The van der Waals surface area contributed by atoms with Crippen LogP contribution in [-0.2, 0) is 0 Å². The van der Waals surface area contributed by atoms with Crippen molar-refractivity contribution < 1.29 is 14.1 Å². The monoisotopic (exact) mass is 250 g/mol. The van der Waals surface area contributed by atoms with E-state index in [-0.39, 0.29) is 5.76 Å². The molecule has 2 N–H and O–H groups in total. The first-order chi connectivity index (χ1) is 8.49. The van der Waals surface area contributed by atoms with Crippen molar-refractivity contribution in [3.05, 3.63) is 39.3 Å². The van der Waals surface area contributed by atoms with Crippen LogP contribution < -0.4 is 5.32 Å². The van der Waals surface area contributed by atoms with Crippen molar-refractivity contribution >= 4 is 17.6 Å². The summed E-state index contributed by atoms with van der Waals surface area (Å²) in [6.45, 7) is 3.61. The Morgan fingerprint density at radius 3 is 2.72 bits per heavy atom. The molecule has 2 aromatic rings. The predicted molar refractivity (Wildman–Crippen MR) is 61.4 cm³/mol. The lowest BCUT2D eigenvalue weighted by molar-refractivity contribution is -0.402. The quantitative estimate of drug-likeness (QED) is 0.636. The average Bonchev–Trinajstić information content (AvgIpc) is 2.91. The van der Waals surface area contributed by atoms with Crippen LogP contribution in [0.5, 0.6) is 0 Å². The van der Waals surface area contributed by atoms with E-state index in [0.29, 0.717) is 5.82 Å². The molecule has 0 atom stereocenters. The second kappa shape index (κ2) is 4.32. The molecule has 18 heavy (non-hydrogen) atoms. The third-order valence-electron chi connectivity index (χ3n) is 2.48. The van der Waals surface area contributed by atoms with Crippen LogP contribution >= 0.6 is 0 Å². The molecule has 2 rings (SSSR count). The molecular weight excluding hydrogens is 240 g/mol. The first-order valence-corrected chi connectivity index (χ1v) is 5.06. The summed E-state index contributed by atoms with van der Waals surface area (Å²) in [6.07, 6.45) is 0. The number of furan rings is 1. The van der Waals surface area contributed by atoms with Crippen LogP contribution in [0.2, 0.25) is 0 Å². The zero-order valence-corrected chi connectivity index (χ0v) is 9.68. The highest BCUT2D eigenvalue weighted by Crippen LogP contribution is 2.18. The highest BCUT2D eigenvalue weighted by Gasteiger charge is 2.18. The van der Waals surface area contributed by atoms with Crippen LogP contribution in [0.25, 0.3) is 0 Å². The zero-order valence-electron chi connectivity index (χ0n) is 9.68. The van der Waals surface area contributed by atoms with Gasteiger partial charge in [-0.25, -0.2) is 0 Å². The number of hydrogen-bond donors (Lipinski definition) is 2. The molecule has 94 valence electrons. The first kappa shape index (κ1) is 11.8. The van der Waals surface area contributed by atoms with E-state index in [1.807, 2.05) is 6.92 Å². The molecule has 0 saturated carbocycles. The van der Waals surface area contributed by atoms with E-state index >= 15 is 0 Å². The smallest absolute Gasteiger partial charge is 0.395 e. The normalized spacial score (nSPS) is 10.3. The van der Waals surface area contributed by atoms with Crippen molar-refractivity contribution in [2.45, 2.75) is 13.8 Å². The Morgan fingerprint density at radius 1 is 1.50 bits per heavy atom. The number of carbonyl (C=O) groups excluding carboxylic acids is 1. The van der Waals surface area contributed by atoms with E-state index in [9.17, 15) is 14.9 Å². The Labute approximate surface area is 101 Å². The summed E-state index contributed by atoms with van der Waals surface area (Å²) in [7, 11) is 0. The summed E-state index contributed by atoms with van der Waals surface area (Å²) in [5.41, 5.74) is 1.63. The fourth-order valence-electron chi connectivity index (χ4n) is 1.32. The van der Waals surface area contributed by atoms with Gasteiger partial charge in [-0.1, -0.05) is 0 Å². The second-order valence-corrected chi connectivity index (χ2v) is 3.67. The molecule has 2 heterocycles. The van der Waals surface area contributed by atoms with Gasteiger partial charge in [0.1, 0.15) is 4.92 Å². The van der Waals surface area contributed by atoms with Gasteiger partial charge in [-0.15, -0.1) is 0 Å². The number of carbonyl (C=O) groups is 1. The summed E-state index contributed by atoms with van der Waals surface area (Å²) in [4.78, 5) is 21.4. The van der Waals surface area contributed by atoms with Crippen LogP contribution in [-0.4, -0.2) is 21.0 Å². The van der Waals surface area contributed by atoms with Gasteiger partial charge >= 0.3 is 5.88 Å². The number of nitrogens with zero attached hydrogens (tertiary/aromatic N) is 2. The van der Waals surface area contributed by atoms with E-state index in [0.717, 1.165) is 17.3 Å². The number of nitro groups is 1. The van der Waals surface area contributed by atoms with Gasteiger partial charge in [0, 0.05) is 11.3 Å². The Hall–Kier alpha value is -2.64. The summed E-state index contributed by atoms with van der Waals surface area (Å²) < 4.78 is 4.78. The van der Waals surface area contributed by atoms with Crippen LogP contribution in [0.1, 0.15) is 21.8 Å². The van der Waals surface area contributed by atoms with Crippen LogP contribution in [0.15, 0.2) is 16.5 Å². The minimum absolute atomic E-state index is 0.137. The Morgan fingerprint density at radius 2 is 2.22 bits per heavy atom. The number of aromatic nitrogens is 2. The van der Waals surface area contributed by atoms with Gasteiger partial charge in [0.2, 0.25) is 0 Å². The standard InChI is InChI=1S/C10H10N4O4/c1-5-6(2)12-13-9(5)11-10(15)7-3-4-8(18-7)14(16)17/h3-4H,1-2H3,(H2,11,12,13,15).